The molecule has 0 saturated heterocycles. The molecular weight excluding hydrogens is 496 g/mol. The van der Waals surface area contributed by atoms with Gasteiger partial charge in [-0.2, -0.15) is 5.26 Å². The number of thiazole rings is 1. The highest BCUT2D eigenvalue weighted by molar-refractivity contribution is 9.28. The highest BCUT2D eigenvalue weighted by Gasteiger charge is 2.66. The number of rotatable bonds is 6. The van der Waals surface area contributed by atoms with Crippen LogP contribution in [0.25, 0.3) is 0 Å². The normalized spacial score (nSPS) is 20.9. The minimum Gasteiger partial charge on any atom is -0.440 e. The zero-order valence-corrected chi connectivity index (χ0v) is 18.6. The second-order valence-electron chi connectivity index (χ2n) is 6.83. The van der Waals surface area contributed by atoms with E-state index in [2.05, 4.69) is 36.8 Å². The Balaban J connectivity index is 1.74. The van der Waals surface area contributed by atoms with Gasteiger partial charge in [-0.15, -0.1) is 0 Å². The lowest BCUT2D eigenvalue weighted by Crippen LogP contribution is -2.24. The Bertz CT molecular complexity index is 917. The monoisotopic (exact) mass is 510 g/mol. The van der Waals surface area contributed by atoms with E-state index >= 15 is 0 Å². The van der Waals surface area contributed by atoms with Crippen molar-refractivity contribution in [2.75, 3.05) is 0 Å². The Hall–Kier alpha value is -1.69. The van der Waals surface area contributed by atoms with Gasteiger partial charge in [-0.05, 0) is 61.9 Å². The van der Waals surface area contributed by atoms with E-state index < -0.39 is 17.5 Å². The van der Waals surface area contributed by atoms with Crippen molar-refractivity contribution in [3.63, 3.8) is 0 Å². The third-order valence-electron chi connectivity index (χ3n) is 4.58. The van der Waals surface area contributed by atoms with Gasteiger partial charge in [0.15, 0.2) is 0 Å². The fourth-order valence-electron chi connectivity index (χ4n) is 2.88. The summed E-state index contributed by atoms with van der Waals surface area (Å²) in [6, 6.07) is 11.2. The number of aromatic nitrogens is 1. The van der Waals surface area contributed by atoms with Gasteiger partial charge in [0.05, 0.1) is 8.81 Å². The molecule has 0 amide bonds. The number of carbonyl (C=O) groups excluding carboxylic acids is 1. The van der Waals surface area contributed by atoms with E-state index in [9.17, 15) is 10.1 Å². The van der Waals surface area contributed by atoms with Crippen LogP contribution in [0.3, 0.4) is 0 Å². The second kappa shape index (κ2) is 7.74. The highest BCUT2D eigenvalue weighted by atomic mass is 79.9. The zero-order chi connectivity index (χ0) is 19.7. The Kier molecular flexibility index (Phi) is 5.75. The van der Waals surface area contributed by atoms with Crippen molar-refractivity contribution in [1.29, 1.82) is 5.26 Å². The van der Waals surface area contributed by atoms with Crippen LogP contribution in [0.2, 0.25) is 0 Å². The number of nitrogens with zero attached hydrogens (tertiary/aromatic N) is 2. The first kappa shape index (κ1) is 20.1. The number of ether oxygens (including phenoxy) is 2. The van der Waals surface area contributed by atoms with Gasteiger partial charge in [-0.1, -0.05) is 43.4 Å². The van der Waals surface area contributed by atoms with Gasteiger partial charge in [-0.25, -0.2) is 4.98 Å². The molecule has 1 fully saturated rings. The van der Waals surface area contributed by atoms with E-state index in [-0.39, 0.29) is 5.41 Å². The summed E-state index contributed by atoms with van der Waals surface area (Å²) in [5.41, 5.74) is -0.637. The third-order valence-corrected chi connectivity index (χ3v) is 5.78. The van der Waals surface area contributed by atoms with E-state index in [1.54, 1.807) is 11.5 Å². The van der Waals surface area contributed by atoms with Crippen LogP contribution in [0.5, 0.6) is 10.9 Å². The molecule has 1 saturated carbocycles. The molecule has 27 heavy (non-hydrogen) atoms. The number of halogens is 2. The molecule has 2 aromatic rings. The molecule has 1 aliphatic carbocycles. The van der Waals surface area contributed by atoms with Crippen molar-refractivity contribution in [3.05, 3.63) is 50.9 Å². The van der Waals surface area contributed by atoms with Crippen LogP contribution < -0.4 is 4.74 Å². The molecule has 5 nitrogen and oxygen atoms in total. The second-order valence-corrected chi connectivity index (χ2v) is 10.4. The van der Waals surface area contributed by atoms with Crippen LogP contribution >= 0.6 is 43.2 Å². The third kappa shape index (κ3) is 4.26. The van der Waals surface area contributed by atoms with Crippen molar-refractivity contribution in [2.45, 2.75) is 26.4 Å². The van der Waals surface area contributed by atoms with Gasteiger partial charge in [-0.3, -0.25) is 4.79 Å². The molecule has 8 heteroatoms. The maximum Gasteiger partial charge on any atom is 0.318 e. The maximum atomic E-state index is 12.8. The van der Waals surface area contributed by atoms with Crippen LogP contribution in [0.1, 0.15) is 32.1 Å². The van der Waals surface area contributed by atoms with E-state index in [4.69, 9.17) is 9.47 Å². The van der Waals surface area contributed by atoms with Gasteiger partial charge in [0.25, 0.3) is 5.19 Å². The molecule has 1 aromatic heterocycles. The lowest BCUT2D eigenvalue weighted by Gasteiger charge is -2.17. The highest BCUT2D eigenvalue weighted by Crippen LogP contribution is 2.66. The average Bonchev–Trinajstić information content (AvgIpc) is 2.93. The first-order valence-electron chi connectivity index (χ1n) is 8.10. The number of hydrogen-bond donors (Lipinski definition) is 0. The Morgan fingerprint density at radius 2 is 2.04 bits per heavy atom. The molecular formula is C19H16Br2N2O3S. The fourth-order valence-corrected chi connectivity index (χ4v) is 4.37. The molecule has 3 rings (SSSR count). The van der Waals surface area contributed by atoms with E-state index in [0.717, 1.165) is 0 Å². The van der Waals surface area contributed by atoms with Crippen molar-refractivity contribution in [3.8, 4) is 17.0 Å². The minimum absolute atomic E-state index is 0.236. The first-order chi connectivity index (χ1) is 12.8. The molecule has 0 N–H and O–H groups in total. The standard InChI is InChI=1S/C19H16Br2N2O3S/c1-18(2)11-19(18,8-15(20)21)16(24)26-14(9-22)13-10-27-17(23-13)25-12-6-4-3-5-7-12/h3-8,10,14H,11H2,1-2H3/t14-,19+/m0/s1. The zero-order valence-electron chi connectivity index (χ0n) is 14.6. The summed E-state index contributed by atoms with van der Waals surface area (Å²) >= 11 is 7.87. The molecule has 0 unspecified atom stereocenters. The van der Waals surface area contributed by atoms with Crippen LogP contribution in [-0.2, 0) is 9.53 Å². The molecule has 140 valence electrons. The van der Waals surface area contributed by atoms with E-state index in [1.165, 1.54) is 11.3 Å². The van der Waals surface area contributed by atoms with Crippen LogP contribution in [-0.4, -0.2) is 11.0 Å². The number of nitriles is 1. The van der Waals surface area contributed by atoms with Crippen molar-refractivity contribution in [2.24, 2.45) is 10.8 Å². The van der Waals surface area contributed by atoms with Crippen LogP contribution in [0.15, 0.2) is 45.2 Å². The van der Waals surface area contributed by atoms with Crippen molar-refractivity contribution < 1.29 is 14.3 Å². The number of hydrogen-bond acceptors (Lipinski definition) is 6. The lowest BCUT2D eigenvalue weighted by molar-refractivity contribution is -0.153. The predicted octanol–water partition coefficient (Wildman–Crippen LogP) is 6.09. The minimum atomic E-state index is -1.09. The molecule has 0 aliphatic heterocycles. The lowest BCUT2D eigenvalue weighted by atomic mass is 9.96. The molecule has 1 aliphatic rings. The molecule has 1 aromatic carbocycles. The summed E-state index contributed by atoms with van der Waals surface area (Å²) < 4.78 is 11.9. The Morgan fingerprint density at radius 3 is 2.59 bits per heavy atom. The SMILES string of the molecule is CC1(C)C[C@]1(C=C(Br)Br)C(=O)O[C@@H](C#N)c1csc(Oc2ccccc2)n1. The molecule has 0 spiro atoms. The van der Waals surface area contributed by atoms with Gasteiger partial charge in [0.1, 0.15) is 17.5 Å². The smallest absolute Gasteiger partial charge is 0.318 e. The largest absolute Gasteiger partial charge is 0.440 e. The topological polar surface area (TPSA) is 72.2 Å². The summed E-state index contributed by atoms with van der Waals surface area (Å²) in [7, 11) is 0. The number of carbonyl (C=O) groups is 1. The molecule has 2 atom stereocenters. The van der Waals surface area contributed by atoms with Crippen LogP contribution in [0.4, 0.5) is 0 Å². The summed E-state index contributed by atoms with van der Waals surface area (Å²) in [5, 5.41) is 11.5. The Morgan fingerprint density at radius 1 is 1.37 bits per heavy atom. The quantitative estimate of drug-likeness (QED) is 0.438. The fraction of sp³-hybridized carbons (Fsp3) is 0.316. The van der Waals surface area contributed by atoms with E-state index in [1.807, 2.05) is 50.2 Å². The summed E-state index contributed by atoms with van der Waals surface area (Å²) in [4.78, 5) is 17.1. The summed E-state index contributed by atoms with van der Waals surface area (Å²) in [5.74, 6) is 0.212. The van der Waals surface area contributed by atoms with Crippen LogP contribution in [0, 0.1) is 22.2 Å². The predicted molar refractivity (Wildman–Crippen MR) is 110 cm³/mol. The van der Waals surface area contributed by atoms with Gasteiger partial charge < -0.3 is 9.47 Å². The van der Waals surface area contributed by atoms with Crippen molar-refractivity contribution in [1.82, 2.24) is 4.98 Å². The number of para-hydroxylation sites is 1. The van der Waals surface area contributed by atoms with Gasteiger partial charge in [0, 0.05) is 5.38 Å². The van der Waals surface area contributed by atoms with E-state index in [0.29, 0.717) is 26.4 Å². The van der Waals surface area contributed by atoms with Gasteiger partial charge in [0.2, 0.25) is 6.10 Å². The summed E-state index contributed by atoms with van der Waals surface area (Å²) in [6.07, 6.45) is 1.35. The Labute approximate surface area is 178 Å². The average molecular weight is 512 g/mol. The number of esters is 1. The first-order valence-corrected chi connectivity index (χ1v) is 10.6. The van der Waals surface area contributed by atoms with Gasteiger partial charge >= 0.3 is 5.97 Å². The summed E-state index contributed by atoms with van der Waals surface area (Å²) in [6.45, 7) is 3.98. The maximum absolute atomic E-state index is 12.8. The molecule has 0 radical (unpaired) electrons. The molecule has 0 bridgehead atoms. The number of benzene rings is 1. The molecule has 1 heterocycles. The van der Waals surface area contributed by atoms with Crippen molar-refractivity contribution >= 4 is 49.2 Å².